The van der Waals surface area contributed by atoms with Crippen molar-refractivity contribution in [1.82, 2.24) is 10.3 Å². The first kappa shape index (κ1) is 14.3. The van der Waals surface area contributed by atoms with Crippen molar-refractivity contribution in [3.63, 3.8) is 0 Å². The molecule has 0 amide bonds. The molecule has 1 N–H and O–H groups in total. The lowest BCUT2D eigenvalue weighted by Crippen LogP contribution is -2.20. The quantitative estimate of drug-likeness (QED) is 0.800. The molecule has 0 spiro atoms. The molecule has 112 valence electrons. The Kier molecular flexibility index (Phi) is 4.29. The van der Waals surface area contributed by atoms with Gasteiger partial charge >= 0.3 is 0 Å². The van der Waals surface area contributed by atoms with Gasteiger partial charge in [0.1, 0.15) is 0 Å². The minimum atomic E-state index is 0.617. The summed E-state index contributed by atoms with van der Waals surface area (Å²) >= 11 is 1.82. The van der Waals surface area contributed by atoms with Crippen LogP contribution >= 0.6 is 11.3 Å². The predicted octanol–water partition coefficient (Wildman–Crippen LogP) is 2.63. The maximum absolute atomic E-state index is 5.29. The van der Waals surface area contributed by atoms with Crippen molar-refractivity contribution in [3.8, 4) is 0 Å². The third kappa shape index (κ3) is 3.51. The van der Waals surface area contributed by atoms with Crippen LogP contribution in [-0.4, -0.2) is 31.7 Å². The molecule has 2 unspecified atom stereocenters. The van der Waals surface area contributed by atoms with E-state index in [9.17, 15) is 0 Å². The molecule has 3 rings (SSSR count). The van der Waals surface area contributed by atoms with Gasteiger partial charge in [0.05, 0.1) is 12.3 Å². The monoisotopic (exact) mass is 295 g/mol. The van der Waals surface area contributed by atoms with Gasteiger partial charge in [-0.05, 0) is 31.1 Å². The van der Waals surface area contributed by atoms with Crippen molar-refractivity contribution in [2.24, 2.45) is 11.8 Å². The standard InChI is InChI=1S/C15H25N3OS/c1-10-6-11(10)8-18(2)15-17-13(9-19-3)14(20-15)7-16-12-4-5-12/h10-12,16H,4-9H2,1-3H3. The van der Waals surface area contributed by atoms with E-state index in [4.69, 9.17) is 9.72 Å². The molecule has 0 saturated heterocycles. The van der Waals surface area contributed by atoms with Gasteiger partial charge < -0.3 is 15.0 Å². The normalized spacial score (nSPS) is 24.9. The van der Waals surface area contributed by atoms with Crippen LogP contribution < -0.4 is 10.2 Å². The molecule has 1 heterocycles. The molecular formula is C15H25N3OS. The van der Waals surface area contributed by atoms with Crippen molar-refractivity contribution in [2.45, 2.75) is 45.4 Å². The van der Waals surface area contributed by atoms with Crippen molar-refractivity contribution in [2.75, 3.05) is 25.6 Å². The van der Waals surface area contributed by atoms with E-state index in [0.717, 1.165) is 41.8 Å². The Morgan fingerprint density at radius 2 is 2.20 bits per heavy atom. The Bertz CT molecular complexity index is 458. The zero-order chi connectivity index (χ0) is 14.1. The second-order valence-corrected chi connectivity index (χ2v) is 7.37. The lowest BCUT2D eigenvalue weighted by molar-refractivity contribution is 0.181. The van der Waals surface area contributed by atoms with Crippen LogP contribution in [0.2, 0.25) is 0 Å². The second-order valence-electron chi connectivity index (χ2n) is 6.31. The lowest BCUT2D eigenvalue weighted by Gasteiger charge is -2.15. The van der Waals surface area contributed by atoms with Gasteiger partial charge in [-0.15, -0.1) is 11.3 Å². The van der Waals surface area contributed by atoms with Crippen LogP contribution in [0, 0.1) is 11.8 Å². The Balaban J connectivity index is 1.64. The molecule has 4 nitrogen and oxygen atoms in total. The summed E-state index contributed by atoms with van der Waals surface area (Å²) in [5.41, 5.74) is 1.11. The van der Waals surface area contributed by atoms with Gasteiger partial charge in [0, 0.05) is 38.2 Å². The van der Waals surface area contributed by atoms with E-state index in [0.29, 0.717) is 6.61 Å². The Hall–Kier alpha value is -0.650. The van der Waals surface area contributed by atoms with Crippen LogP contribution in [0.1, 0.15) is 36.8 Å². The van der Waals surface area contributed by atoms with Crippen LogP contribution in [0.3, 0.4) is 0 Å². The fourth-order valence-electron chi connectivity index (χ4n) is 2.53. The van der Waals surface area contributed by atoms with Crippen LogP contribution in [0.25, 0.3) is 0 Å². The van der Waals surface area contributed by atoms with Gasteiger partial charge in [-0.1, -0.05) is 6.92 Å². The van der Waals surface area contributed by atoms with Crippen molar-refractivity contribution in [3.05, 3.63) is 10.6 Å². The molecule has 5 heteroatoms. The van der Waals surface area contributed by atoms with Crippen LogP contribution in [0.15, 0.2) is 0 Å². The Morgan fingerprint density at radius 3 is 2.80 bits per heavy atom. The first-order valence-electron chi connectivity index (χ1n) is 7.59. The summed E-state index contributed by atoms with van der Waals surface area (Å²) in [6.07, 6.45) is 4.02. The van der Waals surface area contributed by atoms with E-state index in [1.165, 1.54) is 24.1 Å². The maximum atomic E-state index is 5.29. The largest absolute Gasteiger partial charge is 0.378 e. The van der Waals surface area contributed by atoms with Gasteiger partial charge in [0.25, 0.3) is 0 Å². The van der Waals surface area contributed by atoms with Crippen molar-refractivity contribution in [1.29, 1.82) is 0 Å². The summed E-state index contributed by atoms with van der Waals surface area (Å²) in [4.78, 5) is 8.44. The van der Waals surface area contributed by atoms with E-state index in [1.54, 1.807) is 7.11 Å². The molecule has 2 saturated carbocycles. The third-order valence-corrected chi connectivity index (χ3v) is 5.50. The van der Waals surface area contributed by atoms with Crippen LogP contribution in [0.4, 0.5) is 5.13 Å². The number of hydrogen-bond acceptors (Lipinski definition) is 5. The highest BCUT2D eigenvalue weighted by Gasteiger charge is 2.34. The molecule has 0 radical (unpaired) electrons. The number of methoxy groups -OCH3 is 1. The van der Waals surface area contributed by atoms with Crippen molar-refractivity contribution < 1.29 is 4.74 Å². The average molecular weight is 295 g/mol. The van der Waals surface area contributed by atoms with Crippen molar-refractivity contribution >= 4 is 16.5 Å². The van der Waals surface area contributed by atoms with E-state index < -0.39 is 0 Å². The van der Waals surface area contributed by atoms with Gasteiger partial charge in [0.2, 0.25) is 0 Å². The molecule has 2 atom stereocenters. The van der Waals surface area contributed by atoms with Crippen LogP contribution in [-0.2, 0) is 17.9 Å². The number of aromatic nitrogens is 1. The molecule has 1 aromatic rings. The summed E-state index contributed by atoms with van der Waals surface area (Å²) in [7, 11) is 3.91. The topological polar surface area (TPSA) is 37.4 Å². The molecule has 20 heavy (non-hydrogen) atoms. The first-order chi connectivity index (χ1) is 9.67. The lowest BCUT2D eigenvalue weighted by atomic mass is 10.3. The molecule has 0 aliphatic heterocycles. The van der Waals surface area contributed by atoms with Gasteiger partial charge in [0.15, 0.2) is 5.13 Å². The van der Waals surface area contributed by atoms with Gasteiger partial charge in [-0.25, -0.2) is 4.98 Å². The third-order valence-electron chi connectivity index (χ3n) is 4.29. The molecule has 0 aromatic carbocycles. The summed E-state index contributed by atoms with van der Waals surface area (Å²) in [6, 6.07) is 0.737. The van der Waals surface area contributed by atoms with Gasteiger partial charge in [-0.3, -0.25) is 0 Å². The SMILES string of the molecule is COCc1nc(N(C)CC2CC2C)sc1CNC1CC1. The zero-order valence-electron chi connectivity index (χ0n) is 12.7. The van der Waals surface area contributed by atoms with E-state index >= 15 is 0 Å². The Labute approximate surface area is 125 Å². The predicted molar refractivity (Wildman–Crippen MR) is 83.2 cm³/mol. The van der Waals surface area contributed by atoms with E-state index in [2.05, 4.69) is 24.2 Å². The highest BCUT2D eigenvalue weighted by molar-refractivity contribution is 7.15. The first-order valence-corrected chi connectivity index (χ1v) is 8.41. The number of nitrogens with zero attached hydrogens (tertiary/aromatic N) is 2. The summed E-state index contributed by atoms with van der Waals surface area (Å²) in [6.45, 7) is 5.03. The summed E-state index contributed by atoms with van der Waals surface area (Å²) in [5, 5.41) is 4.72. The highest BCUT2D eigenvalue weighted by Crippen LogP contribution is 2.39. The number of ether oxygens (including phenoxy) is 1. The molecule has 2 fully saturated rings. The fraction of sp³-hybridized carbons (Fsp3) is 0.800. The smallest absolute Gasteiger partial charge is 0.185 e. The molecular weight excluding hydrogens is 270 g/mol. The number of anilines is 1. The van der Waals surface area contributed by atoms with E-state index in [1.807, 2.05) is 11.3 Å². The number of thiazole rings is 1. The summed E-state index contributed by atoms with van der Waals surface area (Å²) < 4.78 is 5.29. The molecule has 1 aromatic heterocycles. The average Bonchev–Trinajstić information content (AvgIpc) is 3.32. The van der Waals surface area contributed by atoms with E-state index in [-0.39, 0.29) is 0 Å². The minimum Gasteiger partial charge on any atom is -0.378 e. The molecule has 2 aliphatic rings. The molecule has 0 bridgehead atoms. The molecule has 2 aliphatic carbocycles. The van der Waals surface area contributed by atoms with Crippen LogP contribution in [0.5, 0.6) is 0 Å². The number of hydrogen-bond donors (Lipinski definition) is 1. The Morgan fingerprint density at radius 1 is 1.45 bits per heavy atom. The minimum absolute atomic E-state index is 0.617. The second kappa shape index (κ2) is 6.00. The zero-order valence-corrected chi connectivity index (χ0v) is 13.5. The maximum Gasteiger partial charge on any atom is 0.185 e. The number of nitrogens with one attached hydrogen (secondary N) is 1. The summed E-state index contributed by atoms with van der Waals surface area (Å²) in [5.74, 6) is 1.76. The highest BCUT2D eigenvalue weighted by atomic mass is 32.1. The fourth-order valence-corrected chi connectivity index (χ4v) is 3.51. The van der Waals surface area contributed by atoms with Gasteiger partial charge in [-0.2, -0.15) is 0 Å². The number of rotatable bonds is 8.